The van der Waals surface area contributed by atoms with Crippen LogP contribution in [0.1, 0.15) is 30.4 Å². The third kappa shape index (κ3) is 2.76. The van der Waals surface area contributed by atoms with Gasteiger partial charge < -0.3 is 4.74 Å². The number of carbonyl (C=O) groups excluding carboxylic acids is 2. The molecule has 2 aliphatic rings. The van der Waals surface area contributed by atoms with Crippen molar-refractivity contribution in [3.05, 3.63) is 71.8 Å². The van der Waals surface area contributed by atoms with E-state index in [2.05, 4.69) is 5.32 Å². The van der Waals surface area contributed by atoms with Gasteiger partial charge in [-0.3, -0.25) is 14.9 Å². The van der Waals surface area contributed by atoms with E-state index in [1.165, 1.54) is 0 Å². The van der Waals surface area contributed by atoms with Crippen LogP contribution in [0, 0.1) is 5.92 Å². The molecule has 2 aromatic carbocycles. The summed E-state index contributed by atoms with van der Waals surface area (Å²) in [6.07, 6.45) is 2.14. The predicted molar refractivity (Wildman–Crippen MR) is 93.9 cm³/mol. The normalized spacial score (nSPS) is 25.6. The lowest BCUT2D eigenvalue weighted by Gasteiger charge is -2.43. The van der Waals surface area contributed by atoms with Crippen LogP contribution in [0.25, 0.3) is 0 Å². The molecule has 0 aromatic heterocycles. The van der Waals surface area contributed by atoms with Crippen LogP contribution in [-0.2, 0) is 19.9 Å². The van der Waals surface area contributed by atoms with E-state index in [0.29, 0.717) is 6.42 Å². The summed E-state index contributed by atoms with van der Waals surface area (Å²) in [5.41, 5.74) is 1.43. The van der Waals surface area contributed by atoms with Gasteiger partial charge in [0.2, 0.25) is 0 Å². The van der Waals surface area contributed by atoms with E-state index in [4.69, 9.17) is 4.74 Å². The van der Waals surface area contributed by atoms with Crippen molar-refractivity contribution >= 4 is 11.8 Å². The summed E-state index contributed by atoms with van der Waals surface area (Å²) < 4.78 is 5.62. The number of rotatable bonds is 3. The topological polar surface area (TPSA) is 55.4 Å². The first kappa shape index (κ1) is 16.0. The maximum atomic E-state index is 12.4. The van der Waals surface area contributed by atoms with Gasteiger partial charge >= 0.3 is 5.97 Å². The third-order valence-corrected chi connectivity index (χ3v) is 5.37. The lowest BCUT2D eigenvalue weighted by Crippen LogP contribution is -2.62. The number of esters is 1. The molecule has 1 saturated heterocycles. The molecule has 25 heavy (non-hydrogen) atoms. The Morgan fingerprint density at radius 3 is 2.04 bits per heavy atom. The summed E-state index contributed by atoms with van der Waals surface area (Å²) in [7, 11) is 0. The number of carbonyl (C=O) groups is 2. The van der Waals surface area contributed by atoms with Crippen LogP contribution in [0.3, 0.4) is 0 Å². The highest BCUT2D eigenvalue weighted by atomic mass is 16.5. The minimum atomic E-state index is -0.635. The molecule has 0 bridgehead atoms. The van der Waals surface area contributed by atoms with Crippen molar-refractivity contribution in [2.45, 2.75) is 30.8 Å². The standard InChI is InChI=1S/C21H21NO3/c23-18-13-7-12-17(18)19-20(24)25-14-21(22-19,15-8-3-1-4-9-15)16-10-5-2-6-11-16/h1-6,8-11,17,19,22H,7,12-14H2/t17-,19-/m0/s1. The Morgan fingerprint density at radius 1 is 0.920 bits per heavy atom. The molecule has 4 rings (SSSR count). The second kappa shape index (κ2) is 6.45. The average Bonchev–Trinajstić information content (AvgIpc) is 3.10. The number of morpholine rings is 1. The van der Waals surface area contributed by atoms with Crippen LogP contribution < -0.4 is 5.32 Å². The Labute approximate surface area is 147 Å². The number of benzene rings is 2. The number of nitrogens with one attached hydrogen (secondary N) is 1. The Kier molecular flexibility index (Phi) is 4.14. The van der Waals surface area contributed by atoms with Crippen LogP contribution in [0.4, 0.5) is 0 Å². The zero-order valence-electron chi connectivity index (χ0n) is 14.0. The van der Waals surface area contributed by atoms with Crippen LogP contribution in [0.5, 0.6) is 0 Å². The summed E-state index contributed by atoms with van der Waals surface area (Å²) in [4.78, 5) is 24.7. The molecule has 4 heteroatoms. The van der Waals surface area contributed by atoms with Crippen molar-refractivity contribution in [2.75, 3.05) is 6.61 Å². The molecule has 4 nitrogen and oxygen atoms in total. The molecular formula is C21H21NO3. The monoisotopic (exact) mass is 335 g/mol. The van der Waals surface area contributed by atoms with Crippen LogP contribution in [0.15, 0.2) is 60.7 Å². The number of ether oxygens (including phenoxy) is 1. The van der Waals surface area contributed by atoms with Gasteiger partial charge in [-0.1, -0.05) is 60.7 Å². The van der Waals surface area contributed by atoms with Crippen LogP contribution in [-0.4, -0.2) is 24.4 Å². The first-order valence-corrected chi connectivity index (χ1v) is 8.79. The fourth-order valence-corrected chi connectivity index (χ4v) is 4.04. The minimum absolute atomic E-state index is 0.159. The molecule has 0 amide bonds. The summed E-state index contributed by atoms with van der Waals surface area (Å²) >= 11 is 0. The molecule has 1 aliphatic carbocycles. The number of cyclic esters (lactones) is 1. The van der Waals surface area contributed by atoms with Gasteiger partial charge in [0.25, 0.3) is 0 Å². The van der Waals surface area contributed by atoms with E-state index < -0.39 is 11.6 Å². The fourth-order valence-electron chi connectivity index (χ4n) is 4.04. The van der Waals surface area contributed by atoms with Gasteiger partial charge in [0.15, 0.2) is 0 Å². The first-order valence-electron chi connectivity index (χ1n) is 8.79. The molecule has 0 spiro atoms. The molecule has 2 atom stereocenters. The molecule has 2 aromatic rings. The summed E-state index contributed by atoms with van der Waals surface area (Å²) in [6.45, 7) is 0.220. The summed E-state index contributed by atoms with van der Waals surface area (Å²) in [6, 6.07) is 19.4. The Hall–Kier alpha value is -2.46. The largest absolute Gasteiger partial charge is 0.462 e. The van der Waals surface area contributed by atoms with Gasteiger partial charge in [0.05, 0.1) is 0 Å². The smallest absolute Gasteiger partial charge is 0.324 e. The highest BCUT2D eigenvalue weighted by Gasteiger charge is 2.48. The maximum Gasteiger partial charge on any atom is 0.324 e. The Bertz CT molecular complexity index is 733. The number of Topliss-reactive ketones (excluding diaryl/α,β-unsaturated/α-hetero) is 1. The van der Waals surface area contributed by atoms with Gasteiger partial charge in [-0.25, -0.2) is 0 Å². The van der Waals surface area contributed by atoms with Gasteiger partial charge in [0.1, 0.15) is 24.0 Å². The zero-order valence-corrected chi connectivity index (χ0v) is 14.0. The lowest BCUT2D eigenvalue weighted by atomic mass is 9.80. The number of hydrogen-bond acceptors (Lipinski definition) is 4. The number of ketones is 1. The van der Waals surface area contributed by atoms with E-state index in [9.17, 15) is 9.59 Å². The fraction of sp³-hybridized carbons (Fsp3) is 0.333. The first-order chi connectivity index (χ1) is 12.2. The Morgan fingerprint density at radius 2 is 1.52 bits per heavy atom. The van der Waals surface area contributed by atoms with Crippen molar-refractivity contribution in [1.82, 2.24) is 5.32 Å². The zero-order chi connectivity index (χ0) is 17.3. The van der Waals surface area contributed by atoms with E-state index in [-0.39, 0.29) is 24.3 Å². The van der Waals surface area contributed by atoms with Gasteiger partial charge in [-0.15, -0.1) is 0 Å². The molecule has 0 unspecified atom stereocenters. The Balaban J connectivity index is 1.79. The molecule has 1 aliphatic heterocycles. The molecule has 1 N–H and O–H groups in total. The second-order valence-corrected chi connectivity index (χ2v) is 6.83. The van der Waals surface area contributed by atoms with Crippen LogP contribution >= 0.6 is 0 Å². The molecule has 128 valence electrons. The van der Waals surface area contributed by atoms with Crippen molar-refractivity contribution in [3.8, 4) is 0 Å². The summed E-state index contributed by atoms with van der Waals surface area (Å²) in [5.74, 6) is -0.450. The summed E-state index contributed by atoms with van der Waals surface area (Å²) in [5, 5.41) is 3.53. The number of hydrogen-bond donors (Lipinski definition) is 1. The highest BCUT2D eigenvalue weighted by Crippen LogP contribution is 2.36. The van der Waals surface area contributed by atoms with Gasteiger partial charge in [-0.05, 0) is 24.0 Å². The maximum absolute atomic E-state index is 12.4. The predicted octanol–water partition coefficient (Wildman–Crippen LogP) is 2.81. The van der Waals surface area contributed by atoms with E-state index in [1.54, 1.807) is 0 Å². The lowest BCUT2D eigenvalue weighted by molar-refractivity contribution is -0.158. The van der Waals surface area contributed by atoms with E-state index in [0.717, 1.165) is 24.0 Å². The van der Waals surface area contributed by atoms with Crippen molar-refractivity contribution < 1.29 is 14.3 Å². The molecule has 2 fully saturated rings. The quantitative estimate of drug-likeness (QED) is 0.877. The minimum Gasteiger partial charge on any atom is -0.462 e. The SMILES string of the molecule is O=C1OCC(c2ccccc2)(c2ccccc2)N[C@H]1[C@H]1CCCC1=O. The van der Waals surface area contributed by atoms with Gasteiger partial charge in [-0.2, -0.15) is 0 Å². The molecular weight excluding hydrogens is 314 g/mol. The van der Waals surface area contributed by atoms with Crippen molar-refractivity contribution in [2.24, 2.45) is 5.92 Å². The molecule has 0 radical (unpaired) electrons. The van der Waals surface area contributed by atoms with E-state index in [1.807, 2.05) is 60.7 Å². The van der Waals surface area contributed by atoms with Crippen molar-refractivity contribution in [1.29, 1.82) is 0 Å². The average molecular weight is 335 g/mol. The van der Waals surface area contributed by atoms with Crippen molar-refractivity contribution in [3.63, 3.8) is 0 Å². The highest BCUT2D eigenvalue weighted by molar-refractivity contribution is 5.90. The van der Waals surface area contributed by atoms with Gasteiger partial charge in [0, 0.05) is 12.3 Å². The van der Waals surface area contributed by atoms with E-state index >= 15 is 0 Å². The third-order valence-electron chi connectivity index (χ3n) is 5.37. The molecule has 1 heterocycles. The second-order valence-electron chi connectivity index (χ2n) is 6.83. The molecule has 1 saturated carbocycles. The van der Waals surface area contributed by atoms with Crippen LogP contribution in [0.2, 0.25) is 0 Å².